The molecule has 194 valence electrons. The molecule has 3 aromatic rings. The van der Waals surface area contributed by atoms with Gasteiger partial charge in [0, 0.05) is 5.56 Å². The Bertz CT molecular complexity index is 1440. The molecule has 0 aliphatic carbocycles. The smallest absolute Gasteiger partial charge is 0.264 e. The summed E-state index contributed by atoms with van der Waals surface area (Å²) in [6.07, 6.45) is 0. The van der Waals surface area contributed by atoms with Crippen molar-refractivity contribution in [3.8, 4) is 17.2 Å². The van der Waals surface area contributed by atoms with Crippen molar-refractivity contribution >= 4 is 43.3 Å². The molecule has 0 unspecified atom stereocenters. The highest BCUT2D eigenvalue weighted by Crippen LogP contribution is 2.32. The summed E-state index contributed by atoms with van der Waals surface area (Å²) in [5, 5.41) is 4.17. The number of aryl methyl sites for hydroxylation is 1. The van der Waals surface area contributed by atoms with Gasteiger partial charge < -0.3 is 14.2 Å². The van der Waals surface area contributed by atoms with E-state index >= 15 is 0 Å². The molecule has 1 amide bonds. The van der Waals surface area contributed by atoms with Gasteiger partial charge in [-0.25, -0.2) is 13.8 Å². The van der Waals surface area contributed by atoms with Crippen LogP contribution in [0.25, 0.3) is 0 Å². The van der Waals surface area contributed by atoms with Crippen molar-refractivity contribution in [3.63, 3.8) is 0 Å². The Hall–Kier alpha value is -3.57. The van der Waals surface area contributed by atoms with Crippen LogP contribution in [-0.4, -0.2) is 46.9 Å². The maximum absolute atomic E-state index is 13.6. The van der Waals surface area contributed by atoms with Gasteiger partial charge in [0.15, 0.2) is 11.5 Å². The summed E-state index contributed by atoms with van der Waals surface area (Å²) in [5.41, 5.74) is 5.03. The van der Waals surface area contributed by atoms with E-state index in [0.29, 0.717) is 46.3 Å². The number of benzene rings is 3. The number of hydrogen-bond acceptors (Lipinski definition) is 7. The molecular weight excluding hydrogens is 562 g/mol. The molecule has 0 saturated heterocycles. The van der Waals surface area contributed by atoms with Crippen molar-refractivity contribution in [2.24, 2.45) is 5.10 Å². The van der Waals surface area contributed by atoms with Crippen molar-refractivity contribution in [2.75, 3.05) is 31.2 Å². The molecule has 37 heavy (non-hydrogen) atoms. The van der Waals surface area contributed by atoms with Gasteiger partial charge >= 0.3 is 0 Å². The van der Waals surface area contributed by atoms with Gasteiger partial charge in [-0.15, -0.1) is 0 Å². The Kier molecular flexibility index (Phi) is 8.03. The molecule has 0 spiro atoms. The molecule has 0 aromatic heterocycles. The summed E-state index contributed by atoms with van der Waals surface area (Å²) >= 11 is 3.33. The normalized spacial score (nSPS) is 13.1. The van der Waals surface area contributed by atoms with Gasteiger partial charge in [0.2, 0.25) is 0 Å². The number of nitrogens with one attached hydrogen (secondary N) is 1. The summed E-state index contributed by atoms with van der Waals surface area (Å²) in [5.74, 6) is 1.14. The van der Waals surface area contributed by atoms with E-state index < -0.39 is 22.5 Å². The number of carbonyl (C=O) groups is 1. The zero-order valence-corrected chi connectivity index (χ0v) is 22.9. The van der Waals surface area contributed by atoms with Gasteiger partial charge in [0.05, 0.1) is 27.9 Å². The lowest BCUT2D eigenvalue weighted by atomic mass is 10.1. The second kappa shape index (κ2) is 11.2. The zero-order chi connectivity index (χ0) is 26.6. The minimum Gasteiger partial charge on any atom is -0.496 e. The van der Waals surface area contributed by atoms with E-state index in [9.17, 15) is 13.2 Å². The monoisotopic (exact) mass is 587 g/mol. The highest BCUT2D eigenvalue weighted by Gasteiger charge is 2.28. The van der Waals surface area contributed by atoms with Crippen LogP contribution in [0, 0.1) is 6.92 Å². The van der Waals surface area contributed by atoms with Crippen LogP contribution in [0.2, 0.25) is 0 Å². The fraction of sp³-hybridized carbons (Fsp3) is 0.231. The third kappa shape index (κ3) is 6.05. The number of methoxy groups -OCH3 is 1. The number of halogens is 1. The Balaban J connectivity index is 1.57. The van der Waals surface area contributed by atoms with Crippen LogP contribution in [0.5, 0.6) is 17.2 Å². The van der Waals surface area contributed by atoms with Crippen LogP contribution in [-0.2, 0) is 14.8 Å². The van der Waals surface area contributed by atoms with Crippen LogP contribution in [0.4, 0.5) is 5.69 Å². The van der Waals surface area contributed by atoms with E-state index in [1.807, 2.05) is 13.0 Å². The molecule has 0 saturated carbocycles. The van der Waals surface area contributed by atoms with Crippen LogP contribution in [0.3, 0.4) is 0 Å². The third-order valence-electron chi connectivity index (χ3n) is 5.63. The number of amides is 1. The van der Waals surface area contributed by atoms with Crippen LogP contribution >= 0.6 is 15.9 Å². The van der Waals surface area contributed by atoms with Gasteiger partial charge in [-0.05, 0) is 78.3 Å². The average Bonchev–Trinajstić information content (AvgIpc) is 2.90. The predicted octanol–water partition coefficient (Wildman–Crippen LogP) is 4.27. The quantitative estimate of drug-likeness (QED) is 0.311. The first-order chi connectivity index (χ1) is 17.7. The minimum absolute atomic E-state index is 0.00418. The van der Waals surface area contributed by atoms with E-state index in [4.69, 9.17) is 14.2 Å². The fourth-order valence-corrected chi connectivity index (χ4v) is 5.75. The summed E-state index contributed by atoms with van der Waals surface area (Å²) in [7, 11) is -2.61. The number of rotatable bonds is 8. The molecule has 0 fully saturated rings. The molecule has 3 aromatic carbocycles. The SMILES string of the molecule is COc1ccc(S(=O)(=O)N(CC(=O)N/N=C(/C)c2ccc3c(c2)OCCO3)c2ccc(C)cc2)cc1Br. The molecule has 1 aliphatic rings. The Morgan fingerprint density at radius 1 is 1.05 bits per heavy atom. The number of anilines is 1. The molecular formula is C26H26BrN3O6S. The largest absolute Gasteiger partial charge is 0.496 e. The van der Waals surface area contributed by atoms with Gasteiger partial charge in [0.1, 0.15) is 25.5 Å². The lowest BCUT2D eigenvalue weighted by molar-refractivity contribution is -0.119. The number of carbonyl (C=O) groups excluding carboxylic acids is 1. The summed E-state index contributed by atoms with van der Waals surface area (Å²) < 4.78 is 45.1. The summed E-state index contributed by atoms with van der Waals surface area (Å²) in [6, 6.07) is 16.7. The molecule has 0 atom stereocenters. The average molecular weight is 588 g/mol. The Morgan fingerprint density at radius 3 is 2.43 bits per heavy atom. The summed E-state index contributed by atoms with van der Waals surface area (Å²) in [6.45, 7) is 4.09. The molecule has 0 radical (unpaired) electrons. The van der Waals surface area contributed by atoms with Crippen molar-refractivity contribution in [3.05, 3.63) is 76.3 Å². The molecule has 0 bridgehead atoms. The first kappa shape index (κ1) is 26.5. The maximum Gasteiger partial charge on any atom is 0.264 e. The van der Waals surface area contributed by atoms with E-state index in [-0.39, 0.29) is 4.90 Å². The first-order valence-corrected chi connectivity index (χ1v) is 13.6. The maximum atomic E-state index is 13.6. The van der Waals surface area contributed by atoms with Crippen LogP contribution in [0.15, 0.2) is 75.1 Å². The summed E-state index contributed by atoms with van der Waals surface area (Å²) in [4.78, 5) is 12.9. The van der Waals surface area contributed by atoms with Gasteiger partial charge in [-0.3, -0.25) is 9.10 Å². The van der Waals surface area contributed by atoms with Crippen LogP contribution < -0.4 is 23.9 Å². The van der Waals surface area contributed by atoms with E-state index in [1.165, 1.54) is 19.2 Å². The molecule has 4 rings (SSSR count). The minimum atomic E-state index is -4.10. The lowest BCUT2D eigenvalue weighted by Crippen LogP contribution is -2.39. The van der Waals surface area contributed by atoms with Crippen LogP contribution in [0.1, 0.15) is 18.1 Å². The van der Waals surface area contributed by atoms with Crippen molar-refractivity contribution in [1.82, 2.24) is 5.43 Å². The number of ether oxygens (including phenoxy) is 3. The van der Waals surface area contributed by atoms with E-state index in [1.54, 1.807) is 49.4 Å². The molecule has 11 heteroatoms. The predicted molar refractivity (Wildman–Crippen MR) is 144 cm³/mol. The molecule has 1 N–H and O–H groups in total. The number of sulfonamides is 1. The van der Waals surface area contributed by atoms with E-state index in [0.717, 1.165) is 15.4 Å². The number of nitrogens with zero attached hydrogens (tertiary/aromatic N) is 2. The lowest BCUT2D eigenvalue weighted by Gasteiger charge is -2.24. The van der Waals surface area contributed by atoms with Gasteiger partial charge in [0.25, 0.3) is 15.9 Å². The second-order valence-corrected chi connectivity index (χ2v) is 11.0. The van der Waals surface area contributed by atoms with Crippen molar-refractivity contribution < 1.29 is 27.4 Å². The Morgan fingerprint density at radius 2 is 1.76 bits per heavy atom. The molecule has 1 aliphatic heterocycles. The van der Waals surface area contributed by atoms with Crippen molar-refractivity contribution in [1.29, 1.82) is 0 Å². The third-order valence-corrected chi connectivity index (χ3v) is 8.02. The number of hydrogen-bond donors (Lipinski definition) is 1. The first-order valence-electron chi connectivity index (χ1n) is 11.3. The number of hydrazone groups is 1. The highest BCUT2D eigenvalue weighted by molar-refractivity contribution is 9.10. The fourth-order valence-electron chi connectivity index (χ4n) is 3.61. The highest BCUT2D eigenvalue weighted by atomic mass is 79.9. The number of fused-ring (bicyclic) bond motifs is 1. The standard InChI is InChI=1S/C26H26BrN3O6S/c1-17-4-7-20(8-5-17)30(37(32,33)21-9-11-23(34-3)22(27)15-21)16-26(31)29-28-18(2)19-6-10-24-25(14-19)36-13-12-35-24/h4-11,14-15H,12-13,16H2,1-3H3,(H,29,31)/b28-18-. The Labute approximate surface area is 224 Å². The van der Waals surface area contributed by atoms with Gasteiger partial charge in [-0.1, -0.05) is 17.7 Å². The van der Waals surface area contributed by atoms with E-state index in [2.05, 4.69) is 26.5 Å². The topological polar surface area (TPSA) is 107 Å². The van der Waals surface area contributed by atoms with Crippen molar-refractivity contribution in [2.45, 2.75) is 18.7 Å². The second-order valence-electron chi connectivity index (χ2n) is 8.23. The van der Waals surface area contributed by atoms with Gasteiger partial charge in [-0.2, -0.15) is 5.10 Å². The molecule has 1 heterocycles. The zero-order valence-electron chi connectivity index (χ0n) is 20.5. The molecule has 9 nitrogen and oxygen atoms in total.